The molecule has 0 spiro atoms. The summed E-state index contributed by atoms with van der Waals surface area (Å²) in [5.74, 6) is -0.538. The van der Waals surface area contributed by atoms with Crippen LogP contribution in [-0.2, 0) is 14.3 Å². The number of hydrogen-bond acceptors (Lipinski definition) is 6. The molecule has 1 aromatic rings. The van der Waals surface area contributed by atoms with Crippen LogP contribution in [0.4, 0.5) is 0 Å². The third-order valence-electron chi connectivity index (χ3n) is 2.87. The van der Waals surface area contributed by atoms with Gasteiger partial charge < -0.3 is 14.6 Å². The molecule has 1 aromatic heterocycles. The zero-order valence-corrected chi connectivity index (χ0v) is 12.1. The van der Waals surface area contributed by atoms with Crippen LogP contribution in [0.2, 0.25) is 0 Å². The average molecular weight is 349 g/mol. The molecule has 0 aliphatic carbocycles. The second kappa shape index (κ2) is 5.90. The Morgan fingerprint density at radius 2 is 2.30 bits per heavy atom. The number of hydrogen-bond donors (Lipinski definition) is 2. The van der Waals surface area contributed by atoms with Crippen LogP contribution in [0, 0.1) is 0 Å². The normalized spacial score (nSPS) is 29.4. The van der Waals surface area contributed by atoms with Crippen molar-refractivity contribution >= 4 is 21.9 Å². The molecule has 0 unspecified atom stereocenters. The summed E-state index contributed by atoms with van der Waals surface area (Å²) in [7, 11) is 0. The molecule has 1 saturated heterocycles. The summed E-state index contributed by atoms with van der Waals surface area (Å²) in [6.45, 7) is 0.932. The molecular weight excluding hydrogens is 336 g/mol. The largest absolute Gasteiger partial charge is 0.456 e. The quantitative estimate of drug-likeness (QED) is 0.542. The van der Waals surface area contributed by atoms with Gasteiger partial charge in [-0.3, -0.25) is 19.1 Å². The van der Waals surface area contributed by atoms with E-state index in [0.29, 0.717) is 0 Å². The van der Waals surface area contributed by atoms with Crippen molar-refractivity contribution < 1.29 is 19.4 Å². The maximum absolute atomic E-state index is 11.8. The smallest absolute Gasteiger partial charge is 0.330 e. The van der Waals surface area contributed by atoms with Crippen molar-refractivity contribution in [1.29, 1.82) is 0 Å². The second-order valence-electron chi connectivity index (χ2n) is 4.28. The van der Waals surface area contributed by atoms with Crippen LogP contribution in [0.1, 0.15) is 13.2 Å². The maximum atomic E-state index is 11.8. The fourth-order valence-corrected chi connectivity index (χ4v) is 2.67. The monoisotopic (exact) mass is 348 g/mol. The Morgan fingerprint density at radius 3 is 2.85 bits per heavy atom. The molecule has 9 heteroatoms. The van der Waals surface area contributed by atoms with Crippen LogP contribution in [0.5, 0.6) is 0 Å². The molecule has 0 aromatic carbocycles. The molecule has 110 valence electrons. The molecule has 20 heavy (non-hydrogen) atoms. The number of H-pyrrole nitrogens is 1. The van der Waals surface area contributed by atoms with E-state index in [0.717, 1.165) is 10.6 Å². The molecule has 0 amide bonds. The first-order valence-electron chi connectivity index (χ1n) is 5.83. The van der Waals surface area contributed by atoms with Crippen molar-refractivity contribution in [3.05, 3.63) is 33.1 Å². The minimum Gasteiger partial charge on any atom is -0.456 e. The zero-order chi connectivity index (χ0) is 14.9. The molecule has 2 rings (SSSR count). The number of ether oxygens (including phenoxy) is 2. The molecule has 2 heterocycles. The van der Waals surface area contributed by atoms with E-state index in [2.05, 4.69) is 20.9 Å². The fourth-order valence-electron chi connectivity index (χ4n) is 2.01. The number of nitrogens with one attached hydrogen (secondary N) is 1. The third kappa shape index (κ3) is 2.84. The predicted octanol–water partition coefficient (Wildman–Crippen LogP) is -0.878. The lowest BCUT2D eigenvalue weighted by molar-refractivity contribution is -0.152. The number of aromatic amines is 1. The minimum absolute atomic E-state index is 0.303. The van der Waals surface area contributed by atoms with Crippen LogP contribution in [0.3, 0.4) is 0 Å². The third-order valence-corrected chi connectivity index (χ3v) is 3.98. The molecule has 8 nitrogen and oxygen atoms in total. The number of halogens is 1. The minimum atomic E-state index is -0.926. The molecule has 2 N–H and O–H groups in total. The highest BCUT2D eigenvalue weighted by molar-refractivity contribution is 9.09. The van der Waals surface area contributed by atoms with Gasteiger partial charge in [0.05, 0.1) is 17.5 Å². The van der Waals surface area contributed by atoms with E-state index in [1.165, 1.54) is 13.1 Å². The van der Waals surface area contributed by atoms with Gasteiger partial charge >= 0.3 is 11.7 Å². The maximum Gasteiger partial charge on any atom is 0.330 e. The van der Waals surface area contributed by atoms with Crippen molar-refractivity contribution in [2.24, 2.45) is 0 Å². The average Bonchev–Trinajstić information content (AvgIpc) is 2.66. The highest BCUT2D eigenvalue weighted by Crippen LogP contribution is 2.35. The number of aliphatic hydroxyl groups is 1. The number of alkyl halides is 1. The van der Waals surface area contributed by atoms with E-state index in [4.69, 9.17) is 9.47 Å². The molecule has 0 radical (unpaired) electrons. The number of carbonyl (C=O) groups is 1. The lowest BCUT2D eigenvalue weighted by atomic mass is 10.2. The van der Waals surface area contributed by atoms with Gasteiger partial charge in [-0.2, -0.15) is 0 Å². The highest BCUT2D eigenvalue weighted by Gasteiger charge is 2.46. The Morgan fingerprint density at radius 1 is 1.60 bits per heavy atom. The van der Waals surface area contributed by atoms with Gasteiger partial charge in [-0.15, -0.1) is 0 Å². The Kier molecular flexibility index (Phi) is 4.41. The molecule has 1 aliphatic rings. The summed E-state index contributed by atoms with van der Waals surface area (Å²) in [6.07, 6.45) is -1.11. The lowest BCUT2D eigenvalue weighted by Crippen LogP contribution is -2.38. The van der Waals surface area contributed by atoms with Crippen LogP contribution < -0.4 is 11.2 Å². The number of carbonyl (C=O) groups excluding carboxylic acids is 1. The van der Waals surface area contributed by atoms with Crippen molar-refractivity contribution in [2.75, 3.05) is 6.61 Å². The van der Waals surface area contributed by atoms with Gasteiger partial charge in [0.25, 0.3) is 5.56 Å². The topological polar surface area (TPSA) is 111 Å². The van der Waals surface area contributed by atoms with Crippen molar-refractivity contribution in [3.63, 3.8) is 0 Å². The summed E-state index contributed by atoms with van der Waals surface area (Å²) >= 11 is 3.29. The molecule has 1 fully saturated rings. The molecule has 4 atom stereocenters. The summed E-state index contributed by atoms with van der Waals surface area (Å²) in [5, 5.41) is 9.23. The van der Waals surface area contributed by atoms with Crippen LogP contribution in [-0.4, -0.2) is 44.3 Å². The number of aromatic nitrogens is 2. The lowest BCUT2D eigenvalue weighted by Gasteiger charge is -2.21. The van der Waals surface area contributed by atoms with Gasteiger partial charge in [0.2, 0.25) is 0 Å². The fraction of sp³-hybridized carbons (Fsp3) is 0.545. The second-order valence-corrected chi connectivity index (χ2v) is 5.34. The van der Waals surface area contributed by atoms with E-state index >= 15 is 0 Å². The van der Waals surface area contributed by atoms with Crippen LogP contribution >= 0.6 is 15.9 Å². The molecular formula is C11H13BrN2O6. The molecule has 0 bridgehead atoms. The Balaban J connectivity index is 2.39. The summed E-state index contributed by atoms with van der Waals surface area (Å²) < 4.78 is 11.8. The van der Waals surface area contributed by atoms with E-state index < -0.39 is 40.5 Å². The van der Waals surface area contributed by atoms with Gasteiger partial charge in [-0.1, -0.05) is 15.9 Å². The van der Waals surface area contributed by atoms with E-state index in [1.54, 1.807) is 0 Å². The first-order valence-corrected chi connectivity index (χ1v) is 6.74. The van der Waals surface area contributed by atoms with Gasteiger partial charge in [0.15, 0.2) is 12.3 Å². The summed E-state index contributed by atoms with van der Waals surface area (Å²) in [5.41, 5.74) is -1.22. The van der Waals surface area contributed by atoms with E-state index in [9.17, 15) is 19.5 Å². The van der Waals surface area contributed by atoms with Crippen LogP contribution in [0.15, 0.2) is 21.9 Å². The number of aliphatic hydroxyl groups excluding tert-OH is 1. The number of rotatable bonds is 3. The van der Waals surface area contributed by atoms with Gasteiger partial charge in [0, 0.05) is 19.2 Å². The first kappa shape index (κ1) is 14.9. The summed E-state index contributed by atoms with van der Waals surface area (Å²) in [4.78, 5) is 35.6. The SMILES string of the molecule is CC(=O)O[C@@H]1[C@H](Br)[C@@H](CO)O[C@H]1n1ccc(=O)[nH]c1=O. The Bertz CT molecular complexity index is 611. The van der Waals surface area contributed by atoms with Crippen molar-refractivity contribution in [3.8, 4) is 0 Å². The first-order chi connectivity index (χ1) is 9.43. The standard InChI is InChI=1S/C11H13BrN2O6/c1-5(16)19-9-8(12)6(4-15)20-10(9)14-3-2-7(17)13-11(14)18/h2-3,6,8-10,15H,4H2,1H3,(H,13,17,18)/t6-,8-,9-,10-/m1/s1. The number of esters is 1. The Hall–Kier alpha value is -1.45. The zero-order valence-electron chi connectivity index (χ0n) is 10.5. The molecule has 0 saturated carbocycles. The van der Waals surface area contributed by atoms with E-state index in [-0.39, 0.29) is 6.61 Å². The van der Waals surface area contributed by atoms with Crippen molar-refractivity contribution in [1.82, 2.24) is 9.55 Å². The number of nitrogens with zero attached hydrogens (tertiary/aromatic N) is 1. The van der Waals surface area contributed by atoms with Gasteiger partial charge in [-0.25, -0.2) is 4.79 Å². The van der Waals surface area contributed by atoms with Gasteiger partial charge in [-0.05, 0) is 0 Å². The summed E-state index contributed by atoms with van der Waals surface area (Å²) in [6, 6.07) is 1.16. The van der Waals surface area contributed by atoms with Crippen molar-refractivity contribution in [2.45, 2.75) is 30.2 Å². The van der Waals surface area contributed by atoms with Gasteiger partial charge in [0.1, 0.15) is 0 Å². The highest BCUT2D eigenvalue weighted by atomic mass is 79.9. The van der Waals surface area contributed by atoms with E-state index in [1.807, 2.05) is 0 Å². The Labute approximate surface area is 121 Å². The molecule has 1 aliphatic heterocycles. The predicted molar refractivity (Wildman–Crippen MR) is 70.6 cm³/mol. The van der Waals surface area contributed by atoms with Crippen LogP contribution in [0.25, 0.3) is 0 Å².